The summed E-state index contributed by atoms with van der Waals surface area (Å²) in [6.45, 7) is 3.04. The molecule has 0 spiro atoms. The summed E-state index contributed by atoms with van der Waals surface area (Å²) in [5.74, 6) is -7.45. The van der Waals surface area contributed by atoms with E-state index in [1.807, 2.05) is 0 Å². The Balaban J connectivity index is 2.82. The minimum Gasteiger partial charge on any atom is -0.487 e. The summed E-state index contributed by atoms with van der Waals surface area (Å²) in [4.78, 5) is 0. The second kappa shape index (κ2) is 5.46. The van der Waals surface area contributed by atoms with Crippen molar-refractivity contribution in [1.82, 2.24) is 0 Å². The van der Waals surface area contributed by atoms with Gasteiger partial charge in [-0.25, -0.2) is 8.78 Å². The second-order valence-corrected chi connectivity index (χ2v) is 4.69. The molecule has 0 saturated carbocycles. The number of ether oxygens (including phenoxy) is 1. The average Bonchev–Trinajstić information content (AvgIpc) is 2.31. The zero-order chi connectivity index (χ0) is 14.8. The van der Waals surface area contributed by atoms with Gasteiger partial charge in [0.25, 0.3) is 0 Å². The minimum absolute atomic E-state index is 0.108. The zero-order valence-corrected chi connectivity index (χ0v) is 10.5. The first kappa shape index (κ1) is 15.3. The van der Waals surface area contributed by atoms with Crippen molar-refractivity contribution in [2.45, 2.75) is 20.3 Å². The molecule has 106 valence electrons. The van der Waals surface area contributed by atoms with Crippen LogP contribution in [0.25, 0.3) is 0 Å². The van der Waals surface area contributed by atoms with Gasteiger partial charge in [0.2, 0.25) is 11.6 Å². The van der Waals surface area contributed by atoms with E-state index in [9.17, 15) is 17.6 Å². The van der Waals surface area contributed by atoms with Crippen LogP contribution in [-0.4, -0.2) is 12.4 Å². The Bertz CT molecular complexity index is 477. The molecule has 3 N–H and O–H groups in total. The van der Waals surface area contributed by atoms with Crippen molar-refractivity contribution in [3.63, 3.8) is 0 Å². The second-order valence-electron chi connectivity index (χ2n) is 4.69. The van der Waals surface area contributed by atoms with E-state index in [0.29, 0.717) is 0 Å². The first-order valence-corrected chi connectivity index (χ1v) is 5.47. The van der Waals surface area contributed by atoms with Gasteiger partial charge in [-0.2, -0.15) is 8.78 Å². The monoisotopic (exact) mass is 278 g/mol. The van der Waals surface area contributed by atoms with Gasteiger partial charge in [-0.15, -0.1) is 0 Å². The Morgan fingerprint density at radius 3 is 2.11 bits per heavy atom. The van der Waals surface area contributed by atoms with Crippen LogP contribution in [0.4, 0.5) is 17.6 Å². The fourth-order valence-electron chi connectivity index (χ4n) is 1.22. The third kappa shape index (κ3) is 3.36. The molecular formula is C12H14F4N2O. The van der Waals surface area contributed by atoms with E-state index in [4.69, 9.17) is 15.9 Å². The molecule has 0 heterocycles. The molecule has 0 amide bonds. The van der Waals surface area contributed by atoms with Gasteiger partial charge in [0, 0.05) is 11.5 Å². The molecule has 19 heavy (non-hydrogen) atoms. The number of nitrogens with one attached hydrogen (secondary N) is 1. The number of halogens is 4. The summed E-state index contributed by atoms with van der Waals surface area (Å²) in [5.41, 5.74) is 4.58. The van der Waals surface area contributed by atoms with Gasteiger partial charge in [0.05, 0.1) is 12.4 Å². The summed E-state index contributed by atoms with van der Waals surface area (Å²) >= 11 is 0. The predicted molar refractivity (Wildman–Crippen MR) is 62.1 cm³/mol. The van der Waals surface area contributed by atoms with Crippen molar-refractivity contribution >= 4 is 5.84 Å². The quantitative estimate of drug-likeness (QED) is 0.376. The summed E-state index contributed by atoms with van der Waals surface area (Å²) in [6, 6.07) is 0.108. The maximum atomic E-state index is 13.2. The fraction of sp³-hybridized carbons (Fsp3) is 0.417. The van der Waals surface area contributed by atoms with Crippen molar-refractivity contribution in [2.24, 2.45) is 11.1 Å². The molecule has 0 atom stereocenters. The van der Waals surface area contributed by atoms with E-state index in [1.54, 1.807) is 13.8 Å². The highest BCUT2D eigenvalue weighted by Gasteiger charge is 2.24. The van der Waals surface area contributed by atoms with Crippen LogP contribution >= 0.6 is 0 Å². The van der Waals surface area contributed by atoms with E-state index >= 15 is 0 Å². The lowest BCUT2D eigenvalue weighted by atomic mass is 9.88. The summed E-state index contributed by atoms with van der Waals surface area (Å²) in [6.07, 6.45) is 0.166. The fourth-order valence-corrected chi connectivity index (χ4v) is 1.22. The number of rotatable bonds is 5. The van der Waals surface area contributed by atoms with Crippen molar-refractivity contribution < 1.29 is 22.3 Å². The average molecular weight is 278 g/mol. The SMILES string of the molecule is CC(C)(CCOc1c(F)c(F)cc(F)c1F)C(=N)N. The summed E-state index contributed by atoms with van der Waals surface area (Å²) < 4.78 is 57.0. The molecule has 0 aliphatic heterocycles. The molecule has 7 heteroatoms. The number of nitrogens with two attached hydrogens (primary N) is 1. The van der Waals surface area contributed by atoms with Gasteiger partial charge in [0.15, 0.2) is 17.4 Å². The Morgan fingerprint density at radius 1 is 1.21 bits per heavy atom. The maximum absolute atomic E-state index is 13.2. The van der Waals surface area contributed by atoms with E-state index in [1.165, 1.54) is 0 Å². The molecule has 0 bridgehead atoms. The highest BCUT2D eigenvalue weighted by molar-refractivity contribution is 5.82. The van der Waals surface area contributed by atoms with Gasteiger partial charge in [-0.05, 0) is 6.42 Å². The van der Waals surface area contributed by atoms with Crippen LogP contribution < -0.4 is 10.5 Å². The molecule has 0 aromatic heterocycles. The number of amidine groups is 1. The molecule has 0 fully saturated rings. The largest absolute Gasteiger partial charge is 0.487 e. The molecule has 1 aromatic rings. The maximum Gasteiger partial charge on any atom is 0.203 e. The Morgan fingerprint density at radius 2 is 1.68 bits per heavy atom. The molecule has 1 rings (SSSR count). The van der Waals surface area contributed by atoms with Gasteiger partial charge in [-0.3, -0.25) is 5.41 Å². The van der Waals surface area contributed by atoms with E-state index in [2.05, 4.69) is 0 Å². The van der Waals surface area contributed by atoms with E-state index < -0.39 is 34.4 Å². The molecular weight excluding hydrogens is 264 g/mol. The molecule has 3 nitrogen and oxygen atoms in total. The summed E-state index contributed by atoms with van der Waals surface area (Å²) in [7, 11) is 0. The van der Waals surface area contributed by atoms with Crippen molar-refractivity contribution in [3.8, 4) is 5.75 Å². The van der Waals surface area contributed by atoms with Crippen molar-refractivity contribution in [2.75, 3.05) is 6.61 Å². The number of hydrogen-bond donors (Lipinski definition) is 2. The lowest BCUT2D eigenvalue weighted by molar-refractivity contribution is 0.239. The van der Waals surface area contributed by atoms with Gasteiger partial charge >= 0.3 is 0 Å². The van der Waals surface area contributed by atoms with E-state index in [0.717, 1.165) is 0 Å². The predicted octanol–water partition coefficient (Wildman–Crippen LogP) is 2.97. The third-order valence-corrected chi connectivity index (χ3v) is 2.77. The normalized spacial score (nSPS) is 11.5. The molecule has 0 radical (unpaired) electrons. The Hall–Kier alpha value is -1.79. The van der Waals surface area contributed by atoms with Gasteiger partial charge < -0.3 is 10.5 Å². The van der Waals surface area contributed by atoms with E-state index in [-0.39, 0.29) is 24.9 Å². The highest BCUT2D eigenvalue weighted by Crippen LogP contribution is 2.27. The molecule has 1 aromatic carbocycles. The standard InChI is InChI=1S/C12H14F4N2O/c1-12(2,11(17)18)3-4-19-10-8(15)6(13)5-7(14)9(10)16/h5H,3-4H2,1-2H3,(H3,17,18). The zero-order valence-electron chi connectivity index (χ0n) is 10.5. The lowest BCUT2D eigenvalue weighted by Gasteiger charge is -2.22. The van der Waals surface area contributed by atoms with Crippen LogP contribution in [0.5, 0.6) is 5.75 Å². The highest BCUT2D eigenvalue weighted by atomic mass is 19.2. The molecule has 0 saturated heterocycles. The molecule has 0 aliphatic rings. The summed E-state index contributed by atoms with van der Waals surface area (Å²) in [5, 5.41) is 7.29. The van der Waals surface area contributed by atoms with Gasteiger partial charge in [0.1, 0.15) is 0 Å². The third-order valence-electron chi connectivity index (χ3n) is 2.77. The van der Waals surface area contributed by atoms with Crippen LogP contribution in [0, 0.1) is 34.1 Å². The topological polar surface area (TPSA) is 59.1 Å². The van der Waals surface area contributed by atoms with Crippen LogP contribution in [-0.2, 0) is 0 Å². The van der Waals surface area contributed by atoms with Crippen LogP contribution in [0.2, 0.25) is 0 Å². The van der Waals surface area contributed by atoms with Crippen LogP contribution in [0.3, 0.4) is 0 Å². The Kier molecular flexibility index (Phi) is 4.39. The minimum atomic E-state index is -1.58. The Labute approximate surface area is 107 Å². The number of hydrogen-bond acceptors (Lipinski definition) is 2. The van der Waals surface area contributed by atoms with Crippen LogP contribution in [0.1, 0.15) is 20.3 Å². The molecule has 0 unspecified atom stereocenters. The first-order valence-electron chi connectivity index (χ1n) is 5.47. The molecule has 0 aliphatic carbocycles. The van der Waals surface area contributed by atoms with Crippen molar-refractivity contribution in [1.29, 1.82) is 5.41 Å². The van der Waals surface area contributed by atoms with Crippen LogP contribution in [0.15, 0.2) is 6.07 Å². The number of benzene rings is 1. The lowest BCUT2D eigenvalue weighted by Crippen LogP contribution is -2.32. The first-order chi connectivity index (χ1) is 8.66. The smallest absolute Gasteiger partial charge is 0.203 e. The van der Waals surface area contributed by atoms with Gasteiger partial charge in [-0.1, -0.05) is 13.8 Å². The van der Waals surface area contributed by atoms with Crippen molar-refractivity contribution in [3.05, 3.63) is 29.3 Å².